The Kier molecular flexibility index (Phi) is 4.23. The molecule has 0 aromatic heterocycles. The van der Waals surface area contributed by atoms with Gasteiger partial charge in [-0.15, -0.1) is 0 Å². The van der Waals surface area contributed by atoms with Crippen LogP contribution in [0.15, 0.2) is 24.3 Å². The second kappa shape index (κ2) is 5.23. The lowest BCUT2D eigenvalue weighted by molar-refractivity contribution is 0.365. The van der Waals surface area contributed by atoms with Gasteiger partial charge in [0.1, 0.15) is 0 Å². The molecular formula is C12H21N. The van der Waals surface area contributed by atoms with Crippen molar-refractivity contribution in [2.75, 3.05) is 7.05 Å². The number of nitrogens with one attached hydrogen (secondary N) is 1. The highest BCUT2D eigenvalue weighted by atomic mass is 14.9. The molecular weight excluding hydrogens is 158 g/mol. The number of allylic oxidation sites excluding steroid dienone is 3. The van der Waals surface area contributed by atoms with Gasteiger partial charge in [0.05, 0.1) is 0 Å². The zero-order chi connectivity index (χ0) is 9.68. The van der Waals surface area contributed by atoms with Crippen LogP contribution in [0.5, 0.6) is 0 Å². The fourth-order valence-corrected chi connectivity index (χ4v) is 1.91. The van der Waals surface area contributed by atoms with Gasteiger partial charge in [-0.2, -0.15) is 0 Å². The molecule has 0 spiro atoms. The van der Waals surface area contributed by atoms with Gasteiger partial charge in [-0.3, -0.25) is 0 Å². The molecule has 1 nitrogen and oxygen atoms in total. The van der Waals surface area contributed by atoms with E-state index >= 15 is 0 Å². The van der Waals surface area contributed by atoms with E-state index in [9.17, 15) is 0 Å². The van der Waals surface area contributed by atoms with Gasteiger partial charge in [-0.1, -0.05) is 38.2 Å². The van der Waals surface area contributed by atoms with Gasteiger partial charge in [0.2, 0.25) is 0 Å². The van der Waals surface area contributed by atoms with Gasteiger partial charge in [0.15, 0.2) is 0 Å². The highest BCUT2D eigenvalue weighted by Crippen LogP contribution is 2.20. The highest BCUT2D eigenvalue weighted by Gasteiger charge is 2.18. The topological polar surface area (TPSA) is 12.0 Å². The lowest BCUT2D eigenvalue weighted by Crippen LogP contribution is -2.34. The van der Waals surface area contributed by atoms with E-state index in [1.165, 1.54) is 12.8 Å². The SMILES string of the molecule is CN[C@@H](CC(C)C)C1C=CC=CC1. The van der Waals surface area contributed by atoms with E-state index in [0.717, 1.165) is 5.92 Å². The normalized spacial score (nSPS) is 23.8. The first kappa shape index (κ1) is 10.5. The molecule has 74 valence electrons. The molecule has 0 aliphatic heterocycles. The fourth-order valence-electron chi connectivity index (χ4n) is 1.91. The van der Waals surface area contributed by atoms with E-state index in [-0.39, 0.29) is 0 Å². The van der Waals surface area contributed by atoms with Gasteiger partial charge in [0.25, 0.3) is 0 Å². The van der Waals surface area contributed by atoms with Crippen molar-refractivity contribution < 1.29 is 0 Å². The summed E-state index contributed by atoms with van der Waals surface area (Å²) < 4.78 is 0. The minimum Gasteiger partial charge on any atom is -0.316 e. The molecule has 0 amide bonds. The highest BCUT2D eigenvalue weighted by molar-refractivity contribution is 5.12. The van der Waals surface area contributed by atoms with Crippen LogP contribution < -0.4 is 5.32 Å². The van der Waals surface area contributed by atoms with Gasteiger partial charge in [-0.25, -0.2) is 0 Å². The third-order valence-corrected chi connectivity index (χ3v) is 2.63. The van der Waals surface area contributed by atoms with Crippen molar-refractivity contribution in [3.05, 3.63) is 24.3 Å². The molecule has 0 saturated heterocycles. The zero-order valence-electron chi connectivity index (χ0n) is 8.96. The first-order chi connectivity index (χ1) is 6.24. The van der Waals surface area contributed by atoms with Crippen molar-refractivity contribution >= 4 is 0 Å². The lowest BCUT2D eigenvalue weighted by Gasteiger charge is -2.26. The molecule has 1 aliphatic carbocycles. The summed E-state index contributed by atoms with van der Waals surface area (Å²) in [6, 6.07) is 0.640. The van der Waals surface area contributed by atoms with Crippen LogP contribution in [0.3, 0.4) is 0 Å². The van der Waals surface area contributed by atoms with Crippen LogP contribution in [-0.2, 0) is 0 Å². The zero-order valence-corrected chi connectivity index (χ0v) is 8.96. The molecule has 1 heteroatoms. The van der Waals surface area contributed by atoms with Gasteiger partial charge >= 0.3 is 0 Å². The van der Waals surface area contributed by atoms with Gasteiger partial charge in [0, 0.05) is 6.04 Å². The number of hydrogen-bond acceptors (Lipinski definition) is 1. The molecule has 0 bridgehead atoms. The van der Waals surface area contributed by atoms with Crippen LogP contribution in [0.1, 0.15) is 26.7 Å². The summed E-state index contributed by atoms with van der Waals surface area (Å²) in [6.07, 6.45) is 11.3. The Bertz CT molecular complexity index is 191. The molecule has 1 rings (SSSR count). The Morgan fingerprint density at radius 2 is 2.15 bits per heavy atom. The predicted molar refractivity (Wildman–Crippen MR) is 58.7 cm³/mol. The summed E-state index contributed by atoms with van der Waals surface area (Å²) >= 11 is 0. The minimum atomic E-state index is 0.640. The smallest absolute Gasteiger partial charge is 0.0132 e. The van der Waals surface area contributed by atoms with Crippen molar-refractivity contribution in [3.8, 4) is 0 Å². The summed E-state index contributed by atoms with van der Waals surface area (Å²) in [6.45, 7) is 4.57. The quantitative estimate of drug-likeness (QED) is 0.699. The fraction of sp³-hybridized carbons (Fsp3) is 0.667. The summed E-state index contributed by atoms with van der Waals surface area (Å²) in [5, 5.41) is 3.42. The minimum absolute atomic E-state index is 0.640. The van der Waals surface area contributed by atoms with Crippen molar-refractivity contribution in [2.45, 2.75) is 32.7 Å². The van der Waals surface area contributed by atoms with E-state index in [2.05, 4.69) is 50.5 Å². The third-order valence-electron chi connectivity index (χ3n) is 2.63. The maximum absolute atomic E-state index is 3.42. The summed E-state index contributed by atoms with van der Waals surface area (Å²) in [4.78, 5) is 0. The molecule has 0 radical (unpaired) electrons. The Balaban J connectivity index is 2.46. The summed E-state index contributed by atoms with van der Waals surface area (Å²) in [5.74, 6) is 1.47. The van der Waals surface area contributed by atoms with Crippen LogP contribution in [0, 0.1) is 11.8 Å². The molecule has 0 aromatic carbocycles. The van der Waals surface area contributed by atoms with Crippen LogP contribution in [0.4, 0.5) is 0 Å². The first-order valence-corrected chi connectivity index (χ1v) is 5.24. The van der Waals surface area contributed by atoms with Crippen LogP contribution in [0.2, 0.25) is 0 Å². The average Bonchev–Trinajstić information content (AvgIpc) is 2.15. The van der Waals surface area contributed by atoms with Gasteiger partial charge < -0.3 is 5.32 Å². The Morgan fingerprint density at radius 1 is 1.38 bits per heavy atom. The lowest BCUT2D eigenvalue weighted by atomic mass is 9.87. The monoisotopic (exact) mass is 179 g/mol. The predicted octanol–water partition coefficient (Wildman–Crippen LogP) is 2.75. The molecule has 0 aromatic rings. The Labute approximate surface area is 81.9 Å². The third kappa shape index (κ3) is 3.35. The number of rotatable bonds is 4. The van der Waals surface area contributed by atoms with E-state index in [1.807, 2.05) is 0 Å². The van der Waals surface area contributed by atoms with Crippen LogP contribution in [0.25, 0.3) is 0 Å². The van der Waals surface area contributed by atoms with E-state index in [1.54, 1.807) is 0 Å². The van der Waals surface area contributed by atoms with Gasteiger partial charge in [-0.05, 0) is 31.7 Å². The molecule has 13 heavy (non-hydrogen) atoms. The van der Waals surface area contributed by atoms with Crippen molar-refractivity contribution in [1.29, 1.82) is 0 Å². The molecule has 0 heterocycles. The second-order valence-corrected chi connectivity index (χ2v) is 4.24. The molecule has 1 aliphatic rings. The maximum Gasteiger partial charge on any atom is 0.0132 e. The summed E-state index contributed by atoms with van der Waals surface area (Å²) in [5.41, 5.74) is 0. The average molecular weight is 179 g/mol. The molecule has 0 fully saturated rings. The van der Waals surface area contributed by atoms with Crippen molar-refractivity contribution in [2.24, 2.45) is 11.8 Å². The molecule has 1 unspecified atom stereocenters. The standard InChI is InChI=1S/C12H21N/c1-10(2)9-12(13-3)11-7-5-4-6-8-11/h4-7,10-13H,8-9H2,1-3H3/t11?,12-/m0/s1. The second-order valence-electron chi connectivity index (χ2n) is 4.24. The van der Waals surface area contributed by atoms with Crippen molar-refractivity contribution in [1.82, 2.24) is 5.32 Å². The molecule has 1 N–H and O–H groups in total. The van der Waals surface area contributed by atoms with Crippen molar-refractivity contribution in [3.63, 3.8) is 0 Å². The van der Waals surface area contributed by atoms with Crippen LogP contribution in [-0.4, -0.2) is 13.1 Å². The largest absolute Gasteiger partial charge is 0.316 e. The maximum atomic E-state index is 3.42. The molecule has 0 saturated carbocycles. The Hall–Kier alpha value is -0.560. The first-order valence-electron chi connectivity index (χ1n) is 5.24. The molecule has 2 atom stereocenters. The van der Waals surface area contributed by atoms with E-state index < -0.39 is 0 Å². The Morgan fingerprint density at radius 3 is 2.62 bits per heavy atom. The number of hydrogen-bond donors (Lipinski definition) is 1. The summed E-state index contributed by atoms with van der Waals surface area (Å²) in [7, 11) is 2.07. The van der Waals surface area contributed by atoms with E-state index in [0.29, 0.717) is 12.0 Å². The van der Waals surface area contributed by atoms with E-state index in [4.69, 9.17) is 0 Å². The van der Waals surface area contributed by atoms with Crippen LogP contribution >= 0.6 is 0 Å².